The molecule has 59 valence electrons. The third-order valence-corrected chi connectivity index (χ3v) is 1.34. The van der Waals surface area contributed by atoms with Crippen LogP contribution in [-0.2, 0) is 11.3 Å². The standard InChI is InChI=1S/C7H10N3O/c8-7(11)2-1-4-10-5-3-9-6-10/h5-6H,1-2,4H2,(H2,8,11). The molecule has 1 radical (unpaired) electrons. The minimum Gasteiger partial charge on any atom is -0.370 e. The predicted molar refractivity (Wildman–Crippen MR) is 39.5 cm³/mol. The smallest absolute Gasteiger partial charge is 0.217 e. The first-order chi connectivity index (χ1) is 5.29. The van der Waals surface area contributed by atoms with Gasteiger partial charge in [-0.3, -0.25) is 4.79 Å². The number of nitrogens with zero attached hydrogens (tertiary/aromatic N) is 2. The zero-order chi connectivity index (χ0) is 8.10. The van der Waals surface area contributed by atoms with E-state index in [0.29, 0.717) is 6.42 Å². The molecule has 0 atom stereocenters. The Labute approximate surface area is 65.0 Å². The Morgan fingerprint density at radius 2 is 2.55 bits per heavy atom. The lowest BCUT2D eigenvalue weighted by atomic mass is 10.3. The topological polar surface area (TPSA) is 60.9 Å². The maximum absolute atomic E-state index is 10.3. The monoisotopic (exact) mass is 152 g/mol. The van der Waals surface area contributed by atoms with E-state index in [-0.39, 0.29) is 5.91 Å². The first-order valence-electron chi connectivity index (χ1n) is 3.45. The van der Waals surface area contributed by atoms with Crippen LogP contribution in [0.5, 0.6) is 0 Å². The number of hydrogen-bond donors (Lipinski definition) is 1. The molecule has 1 aromatic rings. The summed E-state index contributed by atoms with van der Waals surface area (Å²) in [6, 6.07) is 0. The van der Waals surface area contributed by atoms with Gasteiger partial charge in [0.2, 0.25) is 5.91 Å². The van der Waals surface area contributed by atoms with E-state index in [0.717, 1.165) is 13.0 Å². The number of aryl methyl sites for hydroxylation is 1. The fraction of sp³-hybridized carbons (Fsp3) is 0.429. The molecule has 0 aromatic carbocycles. The third-order valence-electron chi connectivity index (χ3n) is 1.34. The Morgan fingerprint density at radius 1 is 1.73 bits per heavy atom. The molecule has 11 heavy (non-hydrogen) atoms. The molecule has 1 rings (SSSR count). The van der Waals surface area contributed by atoms with Crippen LogP contribution in [0, 0.1) is 6.20 Å². The average molecular weight is 152 g/mol. The van der Waals surface area contributed by atoms with Crippen LogP contribution in [0.15, 0.2) is 12.5 Å². The number of aromatic nitrogens is 2. The number of primary amides is 1. The lowest BCUT2D eigenvalue weighted by molar-refractivity contribution is -0.118. The molecule has 2 N–H and O–H groups in total. The summed E-state index contributed by atoms with van der Waals surface area (Å²) in [6.45, 7) is 0.777. The summed E-state index contributed by atoms with van der Waals surface area (Å²) in [5.41, 5.74) is 4.96. The second-order valence-electron chi connectivity index (χ2n) is 2.31. The Hall–Kier alpha value is -1.32. The van der Waals surface area contributed by atoms with Gasteiger partial charge in [-0.1, -0.05) is 0 Å². The molecule has 4 nitrogen and oxygen atoms in total. The number of hydrogen-bond acceptors (Lipinski definition) is 2. The van der Waals surface area contributed by atoms with E-state index >= 15 is 0 Å². The molecular weight excluding hydrogens is 142 g/mol. The van der Waals surface area contributed by atoms with E-state index in [2.05, 4.69) is 11.2 Å². The van der Waals surface area contributed by atoms with Gasteiger partial charge in [-0.2, -0.15) is 0 Å². The molecule has 0 spiro atoms. The highest BCUT2D eigenvalue weighted by Crippen LogP contribution is 1.93. The molecule has 0 saturated heterocycles. The fourth-order valence-electron chi connectivity index (χ4n) is 0.806. The first-order valence-corrected chi connectivity index (χ1v) is 3.45. The number of amides is 1. The van der Waals surface area contributed by atoms with Crippen molar-refractivity contribution in [3.05, 3.63) is 18.7 Å². The average Bonchev–Trinajstić information content (AvgIpc) is 2.39. The van der Waals surface area contributed by atoms with Crippen molar-refractivity contribution in [2.75, 3.05) is 0 Å². The van der Waals surface area contributed by atoms with Crippen molar-refractivity contribution in [1.29, 1.82) is 0 Å². The SMILES string of the molecule is NC(=O)CCCn1c[c]nc1. The van der Waals surface area contributed by atoms with Gasteiger partial charge in [0.05, 0.1) is 6.33 Å². The van der Waals surface area contributed by atoms with Crippen LogP contribution < -0.4 is 5.73 Å². The molecule has 0 unspecified atom stereocenters. The fourth-order valence-corrected chi connectivity index (χ4v) is 0.806. The van der Waals surface area contributed by atoms with Crippen LogP contribution in [0.25, 0.3) is 0 Å². The summed E-state index contributed by atoms with van der Waals surface area (Å²) in [7, 11) is 0. The summed E-state index contributed by atoms with van der Waals surface area (Å²) in [4.78, 5) is 14.1. The van der Waals surface area contributed by atoms with E-state index in [4.69, 9.17) is 5.73 Å². The molecular formula is C7H10N3O. The lowest BCUT2D eigenvalue weighted by Gasteiger charge is -1.98. The normalized spacial score (nSPS) is 9.82. The van der Waals surface area contributed by atoms with Gasteiger partial charge in [-0.05, 0) is 6.42 Å². The molecule has 0 aliphatic carbocycles. The maximum atomic E-state index is 10.3. The lowest BCUT2D eigenvalue weighted by Crippen LogP contribution is -2.11. The van der Waals surface area contributed by atoms with Crippen LogP contribution in [0.1, 0.15) is 12.8 Å². The summed E-state index contributed by atoms with van der Waals surface area (Å²) in [6.07, 6.45) is 7.26. The largest absolute Gasteiger partial charge is 0.370 e. The highest BCUT2D eigenvalue weighted by atomic mass is 16.1. The zero-order valence-electron chi connectivity index (χ0n) is 6.16. The van der Waals surface area contributed by atoms with Gasteiger partial charge in [0, 0.05) is 19.2 Å². The van der Waals surface area contributed by atoms with Gasteiger partial charge in [-0.25, -0.2) is 4.98 Å². The highest BCUT2D eigenvalue weighted by Gasteiger charge is 1.94. The number of rotatable bonds is 4. The van der Waals surface area contributed by atoms with Crippen molar-refractivity contribution in [3.63, 3.8) is 0 Å². The van der Waals surface area contributed by atoms with Crippen LogP contribution in [0.2, 0.25) is 0 Å². The second kappa shape index (κ2) is 3.75. The summed E-state index contributed by atoms with van der Waals surface area (Å²) < 4.78 is 1.86. The summed E-state index contributed by atoms with van der Waals surface area (Å²) in [5, 5.41) is 0. The minimum absolute atomic E-state index is 0.255. The molecule has 0 fully saturated rings. The molecule has 0 aliphatic heterocycles. The molecule has 4 heteroatoms. The third kappa shape index (κ3) is 2.84. The van der Waals surface area contributed by atoms with E-state index in [9.17, 15) is 4.79 Å². The Kier molecular flexibility index (Phi) is 2.66. The highest BCUT2D eigenvalue weighted by molar-refractivity contribution is 5.73. The molecule has 0 bridgehead atoms. The van der Waals surface area contributed by atoms with Crippen molar-refractivity contribution < 1.29 is 4.79 Å². The van der Waals surface area contributed by atoms with Gasteiger partial charge < -0.3 is 10.3 Å². The van der Waals surface area contributed by atoms with Crippen LogP contribution in [0.3, 0.4) is 0 Å². The Morgan fingerprint density at radius 3 is 3.09 bits per heavy atom. The zero-order valence-corrected chi connectivity index (χ0v) is 6.16. The van der Waals surface area contributed by atoms with Crippen LogP contribution in [-0.4, -0.2) is 15.5 Å². The molecule has 1 aromatic heterocycles. The van der Waals surface area contributed by atoms with E-state index < -0.39 is 0 Å². The number of imidazole rings is 1. The van der Waals surface area contributed by atoms with Gasteiger partial charge in [0.1, 0.15) is 6.20 Å². The van der Waals surface area contributed by atoms with Crippen LogP contribution >= 0.6 is 0 Å². The van der Waals surface area contributed by atoms with Gasteiger partial charge in [0.15, 0.2) is 0 Å². The maximum Gasteiger partial charge on any atom is 0.217 e. The van der Waals surface area contributed by atoms with Crippen molar-refractivity contribution in [2.45, 2.75) is 19.4 Å². The predicted octanol–water partition coefficient (Wildman–Crippen LogP) is -0.0512. The molecule has 1 amide bonds. The number of nitrogens with two attached hydrogens (primary N) is 1. The quantitative estimate of drug-likeness (QED) is 0.657. The van der Waals surface area contributed by atoms with E-state index in [1.165, 1.54) is 0 Å². The van der Waals surface area contributed by atoms with Crippen molar-refractivity contribution >= 4 is 5.91 Å². The first kappa shape index (κ1) is 7.78. The summed E-state index contributed by atoms with van der Waals surface area (Å²) in [5.74, 6) is -0.255. The van der Waals surface area contributed by atoms with E-state index in [1.54, 1.807) is 12.5 Å². The van der Waals surface area contributed by atoms with Gasteiger partial charge in [0.25, 0.3) is 0 Å². The van der Waals surface area contributed by atoms with E-state index in [1.807, 2.05) is 4.57 Å². The molecule has 0 aliphatic rings. The van der Waals surface area contributed by atoms with Crippen LogP contribution in [0.4, 0.5) is 0 Å². The van der Waals surface area contributed by atoms with Crippen molar-refractivity contribution in [2.24, 2.45) is 5.73 Å². The van der Waals surface area contributed by atoms with Gasteiger partial charge >= 0.3 is 0 Å². The summed E-state index contributed by atoms with van der Waals surface area (Å²) >= 11 is 0. The van der Waals surface area contributed by atoms with Crippen molar-refractivity contribution in [3.8, 4) is 0 Å². The number of carbonyl (C=O) groups is 1. The van der Waals surface area contributed by atoms with Crippen molar-refractivity contribution in [1.82, 2.24) is 9.55 Å². The Bertz CT molecular complexity index is 218. The second-order valence-corrected chi connectivity index (χ2v) is 2.31. The molecule has 0 saturated carbocycles. The molecule has 1 heterocycles. The Balaban J connectivity index is 2.19. The van der Waals surface area contributed by atoms with Gasteiger partial charge in [-0.15, -0.1) is 0 Å². The minimum atomic E-state index is -0.255. The number of carbonyl (C=O) groups excluding carboxylic acids is 1.